The molecule has 3 heteroatoms. The van der Waals surface area contributed by atoms with Crippen molar-refractivity contribution < 1.29 is 9.69 Å². The van der Waals surface area contributed by atoms with Gasteiger partial charge in [-0.2, -0.15) is 0 Å². The summed E-state index contributed by atoms with van der Waals surface area (Å²) < 4.78 is 0. The summed E-state index contributed by atoms with van der Waals surface area (Å²) in [6, 6.07) is 9.63. The molecule has 4 atom stereocenters. The summed E-state index contributed by atoms with van der Waals surface area (Å²) in [6.07, 6.45) is 8.59. The van der Waals surface area contributed by atoms with Crippen molar-refractivity contribution in [2.45, 2.75) is 64.0 Å². The summed E-state index contributed by atoms with van der Waals surface area (Å²) in [5, 5.41) is 3.30. The molecular formula is C20H31N2O+. The summed E-state index contributed by atoms with van der Waals surface area (Å²) in [5.41, 5.74) is 2.93. The molecule has 1 saturated carbocycles. The number of hydrogen-bond donors (Lipinski definition) is 2. The van der Waals surface area contributed by atoms with E-state index >= 15 is 0 Å². The van der Waals surface area contributed by atoms with Crippen LogP contribution >= 0.6 is 0 Å². The fourth-order valence-electron chi connectivity index (χ4n) is 4.43. The molecule has 3 rings (SSSR count). The van der Waals surface area contributed by atoms with Crippen LogP contribution in [0.25, 0.3) is 0 Å². The van der Waals surface area contributed by atoms with E-state index in [4.69, 9.17) is 0 Å². The molecule has 0 aliphatic heterocycles. The number of aryl methyl sites for hydroxylation is 1. The molecule has 2 aliphatic carbocycles. The normalized spacial score (nSPS) is 28.7. The van der Waals surface area contributed by atoms with Gasteiger partial charge in [-0.05, 0) is 37.2 Å². The maximum Gasteiger partial charge on any atom is 0.275 e. The van der Waals surface area contributed by atoms with E-state index in [1.54, 1.807) is 0 Å². The Balaban J connectivity index is 1.59. The lowest BCUT2D eigenvalue weighted by Crippen LogP contribution is -3.10. The third-order valence-corrected chi connectivity index (χ3v) is 5.86. The third kappa shape index (κ3) is 3.95. The summed E-state index contributed by atoms with van der Waals surface area (Å²) in [7, 11) is 2.18. The smallest absolute Gasteiger partial charge is 0.275 e. The first-order valence-corrected chi connectivity index (χ1v) is 9.34. The Labute approximate surface area is 140 Å². The van der Waals surface area contributed by atoms with Crippen molar-refractivity contribution >= 4 is 5.91 Å². The van der Waals surface area contributed by atoms with E-state index in [0.29, 0.717) is 24.5 Å². The van der Waals surface area contributed by atoms with Crippen molar-refractivity contribution in [3.8, 4) is 0 Å². The lowest BCUT2D eigenvalue weighted by Gasteiger charge is -2.32. The summed E-state index contributed by atoms with van der Waals surface area (Å²) >= 11 is 0. The lowest BCUT2D eigenvalue weighted by atomic mass is 9.86. The second-order valence-corrected chi connectivity index (χ2v) is 7.60. The van der Waals surface area contributed by atoms with Gasteiger partial charge in [-0.3, -0.25) is 4.79 Å². The molecule has 1 unspecified atom stereocenters. The van der Waals surface area contributed by atoms with Crippen molar-refractivity contribution in [1.82, 2.24) is 5.32 Å². The molecule has 23 heavy (non-hydrogen) atoms. The first-order valence-electron chi connectivity index (χ1n) is 9.34. The van der Waals surface area contributed by atoms with Gasteiger partial charge in [-0.1, -0.05) is 44.0 Å². The number of benzene rings is 1. The second kappa shape index (κ2) is 7.48. The average molecular weight is 315 g/mol. The van der Waals surface area contributed by atoms with E-state index in [0.717, 1.165) is 6.42 Å². The Morgan fingerprint density at radius 2 is 1.96 bits per heavy atom. The minimum Gasteiger partial charge on any atom is -0.348 e. The minimum atomic E-state index is 0.226. The topological polar surface area (TPSA) is 33.5 Å². The van der Waals surface area contributed by atoms with Gasteiger partial charge in [0, 0.05) is 18.0 Å². The molecule has 0 spiro atoms. The van der Waals surface area contributed by atoms with Crippen LogP contribution in [0.4, 0.5) is 0 Å². The van der Waals surface area contributed by atoms with E-state index in [2.05, 4.69) is 43.6 Å². The molecule has 0 saturated heterocycles. The van der Waals surface area contributed by atoms with Crippen LogP contribution < -0.4 is 10.2 Å². The highest BCUT2D eigenvalue weighted by Gasteiger charge is 2.29. The Morgan fingerprint density at radius 3 is 2.78 bits per heavy atom. The molecule has 3 nitrogen and oxygen atoms in total. The quantitative estimate of drug-likeness (QED) is 0.878. The lowest BCUT2D eigenvalue weighted by molar-refractivity contribution is -0.905. The number of hydrogen-bond acceptors (Lipinski definition) is 1. The fourth-order valence-corrected chi connectivity index (χ4v) is 4.43. The highest BCUT2D eigenvalue weighted by Crippen LogP contribution is 2.27. The molecular weight excluding hydrogens is 284 g/mol. The van der Waals surface area contributed by atoms with Crippen molar-refractivity contribution in [2.75, 3.05) is 13.6 Å². The number of carbonyl (C=O) groups is 1. The molecule has 126 valence electrons. The maximum atomic E-state index is 12.5. The van der Waals surface area contributed by atoms with Crippen LogP contribution in [0, 0.1) is 5.92 Å². The van der Waals surface area contributed by atoms with E-state index in [-0.39, 0.29) is 5.91 Å². The van der Waals surface area contributed by atoms with Crippen molar-refractivity contribution in [3.63, 3.8) is 0 Å². The van der Waals surface area contributed by atoms with Crippen LogP contribution in [-0.2, 0) is 11.2 Å². The molecule has 1 amide bonds. The standard InChI is InChI=1S/C20H30N2O/c1-15-8-3-6-12-18(15)21-20(23)14-22(2)19-13-7-10-16-9-4-5-11-17(16)19/h4-5,9,11,15,18-19H,3,6-8,10,12-14H2,1-2H3,(H,21,23)/p+1/t15-,18-,19-/m1/s1. The molecule has 2 aliphatic rings. The molecule has 0 radical (unpaired) electrons. The van der Waals surface area contributed by atoms with Crippen LogP contribution in [0.2, 0.25) is 0 Å². The van der Waals surface area contributed by atoms with Crippen molar-refractivity contribution in [3.05, 3.63) is 35.4 Å². The molecule has 1 aromatic rings. The van der Waals surface area contributed by atoms with Crippen LogP contribution in [-0.4, -0.2) is 25.5 Å². The second-order valence-electron chi connectivity index (χ2n) is 7.60. The SMILES string of the molecule is C[C@@H]1CCCC[C@H]1NC(=O)C[NH+](C)[C@@H]1CCCc2ccccc21. The first kappa shape index (κ1) is 16.5. The molecule has 0 heterocycles. The first-order chi connectivity index (χ1) is 11.1. The third-order valence-electron chi connectivity index (χ3n) is 5.86. The van der Waals surface area contributed by atoms with Gasteiger partial charge in [0.05, 0.1) is 7.05 Å². The van der Waals surface area contributed by atoms with E-state index in [1.807, 2.05) is 0 Å². The Bertz CT molecular complexity index is 542. The number of nitrogens with one attached hydrogen (secondary N) is 2. The van der Waals surface area contributed by atoms with Crippen molar-refractivity contribution in [1.29, 1.82) is 0 Å². The predicted octanol–water partition coefficient (Wildman–Crippen LogP) is 2.27. The highest BCUT2D eigenvalue weighted by atomic mass is 16.2. The summed E-state index contributed by atoms with van der Waals surface area (Å²) in [6.45, 7) is 2.86. The van der Waals surface area contributed by atoms with E-state index in [1.165, 1.54) is 54.6 Å². The zero-order valence-electron chi connectivity index (χ0n) is 14.6. The number of likely N-dealkylation sites (N-methyl/N-ethyl adjacent to an activating group) is 1. The van der Waals surface area contributed by atoms with Crippen LogP contribution in [0.3, 0.4) is 0 Å². The van der Waals surface area contributed by atoms with Crippen molar-refractivity contribution in [2.24, 2.45) is 5.92 Å². The Morgan fingerprint density at radius 1 is 1.17 bits per heavy atom. The Hall–Kier alpha value is -1.35. The highest BCUT2D eigenvalue weighted by molar-refractivity contribution is 5.77. The van der Waals surface area contributed by atoms with Gasteiger partial charge < -0.3 is 10.2 Å². The zero-order valence-corrected chi connectivity index (χ0v) is 14.6. The molecule has 2 N–H and O–H groups in total. The summed E-state index contributed by atoms with van der Waals surface area (Å²) in [5.74, 6) is 0.854. The molecule has 1 aromatic carbocycles. The summed E-state index contributed by atoms with van der Waals surface area (Å²) in [4.78, 5) is 13.8. The number of fused-ring (bicyclic) bond motifs is 1. The zero-order chi connectivity index (χ0) is 16.2. The largest absolute Gasteiger partial charge is 0.348 e. The van der Waals surface area contributed by atoms with Gasteiger partial charge in [-0.25, -0.2) is 0 Å². The van der Waals surface area contributed by atoms with Gasteiger partial charge in [0.1, 0.15) is 6.04 Å². The molecule has 0 bridgehead atoms. The average Bonchev–Trinajstić information content (AvgIpc) is 2.56. The van der Waals surface area contributed by atoms with Gasteiger partial charge in [0.2, 0.25) is 0 Å². The van der Waals surface area contributed by atoms with Crippen LogP contribution in [0.1, 0.15) is 62.6 Å². The van der Waals surface area contributed by atoms with Gasteiger partial charge >= 0.3 is 0 Å². The minimum absolute atomic E-state index is 0.226. The number of quaternary nitrogens is 1. The van der Waals surface area contributed by atoms with Crippen LogP contribution in [0.5, 0.6) is 0 Å². The molecule has 0 aromatic heterocycles. The Kier molecular flexibility index (Phi) is 5.37. The van der Waals surface area contributed by atoms with Crippen LogP contribution in [0.15, 0.2) is 24.3 Å². The number of rotatable bonds is 4. The van der Waals surface area contributed by atoms with Gasteiger partial charge in [0.15, 0.2) is 6.54 Å². The van der Waals surface area contributed by atoms with Gasteiger partial charge in [-0.15, -0.1) is 0 Å². The van der Waals surface area contributed by atoms with E-state index in [9.17, 15) is 4.79 Å². The number of carbonyl (C=O) groups excluding carboxylic acids is 1. The fraction of sp³-hybridized carbons (Fsp3) is 0.650. The van der Waals surface area contributed by atoms with Gasteiger partial charge in [0.25, 0.3) is 5.91 Å². The monoisotopic (exact) mass is 315 g/mol. The molecule has 1 fully saturated rings. The number of amides is 1. The van der Waals surface area contributed by atoms with E-state index < -0.39 is 0 Å². The maximum absolute atomic E-state index is 12.5. The predicted molar refractivity (Wildman–Crippen MR) is 93.4 cm³/mol.